The third kappa shape index (κ3) is 5.93. The number of nitrogens with one attached hydrogen (secondary N) is 2. The van der Waals surface area contributed by atoms with Gasteiger partial charge in [0.2, 0.25) is 17.7 Å². The van der Waals surface area contributed by atoms with E-state index in [-0.39, 0.29) is 51.7 Å². The first-order chi connectivity index (χ1) is 9.99. The van der Waals surface area contributed by atoms with E-state index in [1.54, 1.807) is 0 Å². The molecule has 0 spiro atoms. The molecule has 21 heavy (non-hydrogen) atoms. The van der Waals surface area contributed by atoms with Gasteiger partial charge in [0.15, 0.2) is 0 Å². The molecule has 120 valence electrons. The quantitative estimate of drug-likeness (QED) is 0.321. The summed E-state index contributed by atoms with van der Waals surface area (Å²) in [5.41, 5.74) is 0. The van der Waals surface area contributed by atoms with Crippen LogP contribution >= 0.6 is 20.6 Å². The summed E-state index contributed by atoms with van der Waals surface area (Å²) >= 11 is 4.04. The van der Waals surface area contributed by atoms with Crippen LogP contribution in [0.25, 0.3) is 0 Å². The molecule has 1 aliphatic heterocycles. The van der Waals surface area contributed by atoms with Crippen molar-refractivity contribution in [3.05, 3.63) is 0 Å². The second kappa shape index (κ2) is 9.38. The van der Waals surface area contributed by atoms with E-state index in [1.165, 1.54) is 4.90 Å². The van der Waals surface area contributed by atoms with Gasteiger partial charge in [-0.3, -0.25) is 19.3 Å². The zero-order valence-corrected chi connectivity index (χ0v) is 14.4. The Morgan fingerprint density at radius 1 is 1.38 bits per heavy atom. The minimum atomic E-state index is -0.530. The number of amides is 3. The van der Waals surface area contributed by atoms with E-state index in [0.29, 0.717) is 0 Å². The van der Waals surface area contributed by atoms with Crippen molar-refractivity contribution in [3.8, 4) is 0 Å². The maximum absolute atomic E-state index is 11.6. The summed E-state index contributed by atoms with van der Waals surface area (Å²) in [6.07, 6.45) is 3.35. The number of likely N-dealkylation sites (tertiary alicyclic amines) is 1. The molecule has 0 aliphatic carbocycles. The average molecular weight is 333 g/mol. The smallest absolute Gasteiger partial charge is 0.242 e. The molecule has 8 heteroatoms. The van der Waals surface area contributed by atoms with E-state index in [2.05, 4.69) is 37.1 Å². The highest BCUT2D eigenvalue weighted by molar-refractivity contribution is 7.81. The summed E-state index contributed by atoms with van der Waals surface area (Å²) in [6.45, 7) is 5.10. The highest BCUT2D eigenvalue weighted by Crippen LogP contribution is 2.31. The fourth-order valence-electron chi connectivity index (χ4n) is 2.04. The normalized spacial score (nSPS) is 18.7. The molecule has 0 radical (unpaired) electrons. The van der Waals surface area contributed by atoms with Gasteiger partial charge in [0, 0.05) is 25.8 Å². The van der Waals surface area contributed by atoms with Gasteiger partial charge in [0.05, 0.1) is 11.8 Å². The minimum Gasteiger partial charge on any atom is -0.353 e. The monoisotopic (exact) mass is 333 g/mol. The Morgan fingerprint density at radius 3 is 2.57 bits per heavy atom. The zero-order valence-electron chi connectivity index (χ0n) is 12.6. The summed E-state index contributed by atoms with van der Waals surface area (Å²) < 4.78 is 0. The molecule has 0 aromatic carbocycles. The summed E-state index contributed by atoms with van der Waals surface area (Å²) in [4.78, 5) is 35.9. The summed E-state index contributed by atoms with van der Waals surface area (Å²) in [5.74, 6) is -0.602. The molecule has 0 saturated carbocycles. The molecule has 0 aromatic heterocycles. The number of hydrogen-bond donors (Lipinski definition) is 3. The van der Waals surface area contributed by atoms with Gasteiger partial charge in [-0.15, -0.1) is 0 Å². The Balaban J connectivity index is 2.16. The Morgan fingerprint density at radius 2 is 2.05 bits per heavy atom. The van der Waals surface area contributed by atoms with Crippen molar-refractivity contribution in [2.45, 2.75) is 25.5 Å². The predicted molar refractivity (Wildman–Crippen MR) is 88.0 cm³/mol. The molecule has 0 unspecified atom stereocenters. The van der Waals surface area contributed by atoms with Crippen LogP contribution in [0.3, 0.4) is 0 Å². The van der Waals surface area contributed by atoms with Crippen LogP contribution in [0.15, 0.2) is 0 Å². The van der Waals surface area contributed by atoms with Crippen molar-refractivity contribution < 1.29 is 14.4 Å². The highest BCUT2D eigenvalue weighted by atomic mass is 32.1. The van der Waals surface area contributed by atoms with Crippen molar-refractivity contribution in [1.29, 1.82) is 0 Å². The molecule has 0 bridgehead atoms. The van der Waals surface area contributed by atoms with Crippen LogP contribution in [-0.4, -0.2) is 66.1 Å². The van der Waals surface area contributed by atoms with Crippen LogP contribution in [0.5, 0.6) is 0 Å². The van der Waals surface area contributed by atoms with E-state index in [1.807, 2.05) is 0 Å². The van der Waals surface area contributed by atoms with Crippen LogP contribution in [0.4, 0.5) is 0 Å². The molecule has 1 saturated heterocycles. The Labute approximate surface area is 132 Å². The van der Waals surface area contributed by atoms with Crippen molar-refractivity contribution in [2.24, 2.45) is 0 Å². The van der Waals surface area contributed by atoms with Gasteiger partial charge < -0.3 is 10.6 Å². The molecular formula is C13H24N3O3PS. The number of hydrogen-bond acceptors (Lipinski definition) is 5. The first kappa shape index (κ1) is 18.4. The van der Waals surface area contributed by atoms with Gasteiger partial charge in [-0.1, -0.05) is 21.8 Å². The second-order valence-electron chi connectivity index (χ2n) is 4.84. The number of carbonyl (C=O) groups excluding carboxylic acids is 3. The number of nitrogens with zero attached hydrogens (tertiary/aromatic N) is 1. The number of thiol groups is 1. The molecule has 1 aliphatic rings. The molecule has 6 nitrogen and oxygen atoms in total. The van der Waals surface area contributed by atoms with Gasteiger partial charge in [-0.2, -0.15) is 12.6 Å². The van der Waals surface area contributed by atoms with Crippen molar-refractivity contribution in [2.75, 3.05) is 38.2 Å². The van der Waals surface area contributed by atoms with Crippen LogP contribution in [0, 0.1) is 0 Å². The van der Waals surface area contributed by atoms with Crippen molar-refractivity contribution >= 4 is 38.3 Å². The van der Waals surface area contributed by atoms with Gasteiger partial charge in [-0.05, 0) is 12.3 Å². The van der Waals surface area contributed by atoms with Gasteiger partial charge in [0.1, 0.15) is 0 Å². The molecule has 0 aromatic rings. The van der Waals surface area contributed by atoms with Gasteiger partial charge in [0.25, 0.3) is 0 Å². The lowest BCUT2D eigenvalue weighted by Gasteiger charge is -2.16. The van der Waals surface area contributed by atoms with E-state index < -0.39 is 5.25 Å². The van der Waals surface area contributed by atoms with Crippen molar-refractivity contribution in [1.82, 2.24) is 15.5 Å². The zero-order chi connectivity index (χ0) is 15.8. The fraction of sp³-hybridized carbons (Fsp3) is 0.769. The molecule has 1 atom stereocenters. The fourth-order valence-corrected chi connectivity index (χ4v) is 3.66. The molecule has 1 heterocycles. The van der Waals surface area contributed by atoms with Crippen LogP contribution < -0.4 is 10.6 Å². The summed E-state index contributed by atoms with van der Waals surface area (Å²) in [6, 6.07) is 0. The van der Waals surface area contributed by atoms with E-state index >= 15 is 0 Å². The van der Waals surface area contributed by atoms with Crippen LogP contribution in [-0.2, 0) is 14.4 Å². The Kier molecular flexibility index (Phi) is 8.22. The third-order valence-corrected chi connectivity index (χ3v) is 6.26. The van der Waals surface area contributed by atoms with Gasteiger partial charge >= 0.3 is 0 Å². The molecule has 3 amide bonds. The SMILES string of the molecule is CCP(CC)CNCC(=O)NCCN1C(=O)C[C@@H](S)C1=O. The molecule has 1 fully saturated rings. The van der Waals surface area contributed by atoms with Gasteiger partial charge in [-0.25, -0.2) is 0 Å². The van der Waals surface area contributed by atoms with E-state index in [0.717, 1.165) is 18.6 Å². The Bertz CT molecular complexity index is 391. The predicted octanol–water partition coefficient (Wildman–Crippen LogP) is 0.229. The number of imide groups is 1. The van der Waals surface area contributed by atoms with Crippen LogP contribution in [0.2, 0.25) is 0 Å². The Hall–Kier alpha value is -0.650. The summed E-state index contributed by atoms with van der Waals surface area (Å²) in [5, 5.41) is 5.33. The maximum Gasteiger partial charge on any atom is 0.242 e. The first-order valence-corrected chi connectivity index (χ1v) is 9.63. The lowest BCUT2D eigenvalue weighted by Crippen LogP contribution is -2.41. The highest BCUT2D eigenvalue weighted by Gasteiger charge is 2.35. The standard InChI is InChI=1S/C13H24N3O3PS/c1-3-20(4-2)9-14-8-11(17)15-5-6-16-12(18)7-10(21)13(16)19/h10,14,21H,3-9H2,1-2H3,(H,15,17)/t10-/m1/s1. The molecule has 1 rings (SSSR count). The topological polar surface area (TPSA) is 78.5 Å². The van der Waals surface area contributed by atoms with E-state index in [9.17, 15) is 14.4 Å². The van der Waals surface area contributed by atoms with Crippen molar-refractivity contribution in [3.63, 3.8) is 0 Å². The molecule has 2 N–H and O–H groups in total. The summed E-state index contributed by atoms with van der Waals surface area (Å²) in [7, 11) is -0.0213. The molecular weight excluding hydrogens is 309 g/mol. The largest absolute Gasteiger partial charge is 0.353 e. The average Bonchev–Trinajstić information content (AvgIpc) is 2.70. The number of rotatable bonds is 9. The second-order valence-corrected chi connectivity index (χ2v) is 8.39. The lowest BCUT2D eigenvalue weighted by atomic mass is 10.4. The first-order valence-electron chi connectivity index (χ1n) is 7.21. The maximum atomic E-state index is 11.6. The number of carbonyl (C=O) groups is 3. The van der Waals surface area contributed by atoms with E-state index in [4.69, 9.17) is 0 Å². The minimum absolute atomic E-state index is 0.0213. The lowest BCUT2D eigenvalue weighted by molar-refractivity contribution is -0.138. The third-order valence-electron chi connectivity index (χ3n) is 3.39. The van der Waals surface area contributed by atoms with Crippen LogP contribution in [0.1, 0.15) is 20.3 Å².